The van der Waals surface area contributed by atoms with Crippen LogP contribution < -0.4 is 21.7 Å². The second-order valence-corrected chi connectivity index (χ2v) is 20.0. The molecule has 0 unspecified atom stereocenters. The minimum absolute atomic E-state index is 0.0266. The van der Waals surface area contributed by atoms with Gasteiger partial charge in [-0.3, -0.25) is 19.2 Å². The van der Waals surface area contributed by atoms with Crippen molar-refractivity contribution in [1.29, 1.82) is 0 Å². The van der Waals surface area contributed by atoms with E-state index in [9.17, 15) is 32.8 Å². The number of nitrogens with two attached hydrogens (primary N) is 1. The second kappa shape index (κ2) is 26.9. The van der Waals surface area contributed by atoms with E-state index in [0.717, 1.165) is 75.2 Å². The number of rotatable bonds is 18. The van der Waals surface area contributed by atoms with Crippen LogP contribution in [0.2, 0.25) is 0 Å². The molecule has 4 aliphatic rings. The topological polar surface area (TPSA) is 222 Å². The maximum absolute atomic E-state index is 13.4. The summed E-state index contributed by atoms with van der Waals surface area (Å²) in [4.78, 5) is 70.8. The summed E-state index contributed by atoms with van der Waals surface area (Å²) in [5.41, 5.74) is 10.5. The summed E-state index contributed by atoms with van der Waals surface area (Å²) in [6.07, 6.45) is 11.3. The average Bonchev–Trinajstić information content (AvgIpc) is 4.18. The van der Waals surface area contributed by atoms with Gasteiger partial charge in [0.05, 0.1) is 36.2 Å². The molecule has 19 nitrogen and oxygen atoms in total. The number of carbonyl (C=O) groups excluding carboxylic acids is 5. The number of hydrogen-bond donors (Lipinski definition) is 4. The number of hydrogen-bond acceptors (Lipinski definition) is 13. The van der Waals surface area contributed by atoms with Crippen molar-refractivity contribution in [3.05, 3.63) is 156 Å². The highest BCUT2D eigenvalue weighted by molar-refractivity contribution is 5.98. The van der Waals surface area contributed by atoms with E-state index >= 15 is 0 Å². The minimum atomic E-state index is -0.712. The molecular formula is C56H68F2N14O5. The van der Waals surface area contributed by atoms with Crippen molar-refractivity contribution in [2.24, 2.45) is 5.73 Å². The van der Waals surface area contributed by atoms with Crippen molar-refractivity contribution in [3.8, 4) is 11.4 Å². The Bertz CT molecular complexity index is 2820. The van der Waals surface area contributed by atoms with Gasteiger partial charge < -0.3 is 46.1 Å². The lowest BCUT2D eigenvalue weighted by Gasteiger charge is -2.34. The highest BCUT2D eigenvalue weighted by Crippen LogP contribution is 2.41. The number of nitrogens with one attached hydrogen (secondary N) is 3. The Kier molecular flexibility index (Phi) is 19.5. The normalized spacial score (nSPS) is 19.8. The van der Waals surface area contributed by atoms with Gasteiger partial charge in [-0.25, -0.2) is 18.1 Å². The van der Waals surface area contributed by atoms with Crippen molar-refractivity contribution in [2.75, 3.05) is 73.0 Å². The molecule has 406 valence electrons. The summed E-state index contributed by atoms with van der Waals surface area (Å²) in [5.74, 6) is -0.290. The van der Waals surface area contributed by atoms with E-state index in [-0.39, 0.29) is 48.1 Å². The number of piperazine rings is 2. The molecule has 2 saturated heterocycles. The smallest absolute Gasteiger partial charge is 0.251 e. The van der Waals surface area contributed by atoms with E-state index in [1.165, 1.54) is 29.8 Å². The summed E-state index contributed by atoms with van der Waals surface area (Å²) in [7, 11) is 4.06. The molecule has 21 heteroatoms. The molecule has 0 bridgehead atoms. The van der Waals surface area contributed by atoms with Gasteiger partial charge in [0.2, 0.25) is 11.8 Å². The van der Waals surface area contributed by atoms with Crippen LogP contribution in [-0.4, -0.2) is 177 Å². The van der Waals surface area contributed by atoms with Crippen molar-refractivity contribution in [3.63, 3.8) is 0 Å². The van der Waals surface area contributed by atoms with Crippen LogP contribution in [0.1, 0.15) is 82.2 Å². The lowest BCUT2D eigenvalue weighted by Crippen LogP contribution is -2.54. The lowest BCUT2D eigenvalue weighted by molar-refractivity contribution is -0.135. The van der Waals surface area contributed by atoms with Gasteiger partial charge in [-0.1, -0.05) is 34.7 Å². The number of carbonyl (C=O) groups is 5. The van der Waals surface area contributed by atoms with E-state index < -0.39 is 12.1 Å². The maximum atomic E-state index is 13.4. The average molecular weight is 1060 g/mol. The first-order chi connectivity index (χ1) is 37.3. The number of halogens is 2. The predicted octanol–water partition coefficient (Wildman–Crippen LogP) is 3.96. The highest BCUT2D eigenvalue weighted by atomic mass is 19.1. The molecule has 2 saturated carbocycles. The second-order valence-electron chi connectivity index (χ2n) is 20.0. The molecular weight excluding hydrogens is 987 g/mol. The zero-order valence-electron chi connectivity index (χ0n) is 43.5. The zero-order valence-corrected chi connectivity index (χ0v) is 43.5. The first kappa shape index (κ1) is 55.6. The van der Waals surface area contributed by atoms with Crippen LogP contribution in [0.4, 0.5) is 8.78 Å². The molecule has 4 amide bonds. The van der Waals surface area contributed by atoms with Gasteiger partial charge in [-0.15, -0.1) is 10.2 Å². The third-order valence-corrected chi connectivity index (χ3v) is 14.3. The van der Waals surface area contributed by atoms with Crippen molar-refractivity contribution in [1.82, 2.24) is 65.5 Å². The summed E-state index contributed by atoms with van der Waals surface area (Å²) in [5, 5.41) is 24.8. The molecule has 6 aromatic rings. The van der Waals surface area contributed by atoms with Crippen molar-refractivity contribution < 1.29 is 32.8 Å². The Morgan fingerprint density at radius 3 is 1.44 bits per heavy atom. The molecule has 0 radical (unpaired) electrons. The van der Waals surface area contributed by atoms with E-state index in [0.29, 0.717) is 67.6 Å². The standard InChI is InChI=1S/C28H34FN7O2.C19H24N6O3.C9H10FN/c1-34-15-17-35(18-16-34)28(38)25(3-2-12-30-26-19-24(26)20-4-8-22(29)9-5-20)32-27(37)21-6-10-23(11-7-21)36-14-13-31-33-36;1-23-10-12-24(13-11-23)19(28)17(3-2-14-26)21-18(27)15-4-6-16(7-5-15)25-9-8-20-22-25;10-7-3-1-6(2-4-7)8-5-9(8)11/h4-11,13-14,24-26,30H,2-3,12,15-19H2,1H3,(H,32,37);4-9,14,17H,2-3,10-13H2,1H3,(H,21,27);1-4,8-9H,5,11H2/t24-,25-,26+;17-;8-,9+/m000/s1. The fraction of sp³-hybridized carbons (Fsp3) is 0.411. The minimum Gasteiger partial charge on any atom is -0.340 e. The fourth-order valence-corrected chi connectivity index (χ4v) is 9.35. The van der Waals surface area contributed by atoms with Crippen molar-refractivity contribution in [2.45, 2.75) is 74.5 Å². The van der Waals surface area contributed by atoms with Crippen LogP contribution in [0.5, 0.6) is 0 Å². The Morgan fingerprint density at radius 1 is 0.610 bits per heavy atom. The Hall–Kier alpha value is -7.59. The molecule has 2 aliphatic heterocycles. The number of nitrogens with zero attached hydrogens (tertiary/aromatic N) is 10. The molecule has 6 atom stereocenters. The summed E-state index contributed by atoms with van der Waals surface area (Å²) in [6, 6.07) is 26.6. The summed E-state index contributed by atoms with van der Waals surface area (Å²) >= 11 is 0. The molecule has 77 heavy (non-hydrogen) atoms. The van der Waals surface area contributed by atoms with Gasteiger partial charge in [0.15, 0.2) is 0 Å². The molecule has 2 aliphatic carbocycles. The molecule has 4 fully saturated rings. The van der Waals surface area contributed by atoms with Crippen LogP contribution in [0.3, 0.4) is 0 Å². The van der Waals surface area contributed by atoms with Crippen molar-refractivity contribution >= 4 is 29.9 Å². The molecule has 10 rings (SSSR count). The number of amides is 4. The Balaban J connectivity index is 0.000000175. The Labute approximate surface area is 447 Å². The number of benzene rings is 4. The van der Waals surface area contributed by atoms with Gasteiger partial charge in [-0.2, -0.15) is 0 Å². The zero-order chi connectivity index (χ0) is 54.3. The van der Waals surface area contributed by atoms with Gasteiger partial charge >= 0.3 is 0 Å². The predicted molar refractivity (Wildman–Crippen MR) is 285 cm³/mol. The number of aldehydes is 1. The highest BCUT2D eigenvalue weighted by Gasteiger charge is 2.38. The molecule has 4 heterocycles. The van der Waals surface area contributed by atoms with E-state index in [1.54, 1.807) is 87.6 Å². The number of likely N-dealkylation sites (N-methyl/N-ethyl adjacent to an activating group) is 2. The van der Waals surface area contributed by atoms with Gasteiger partial charge in [-0.05, 0) is 137 Å². The monoisotopic (exact) mass is 1050 g/mol. The Morgan fingerprint density at radius 2 is 1.04 bits per heavy atom. The summed E-state index contributed by atoms with van der Waals surface area (Å²) < 4.78 is 28.8. The quantitative estimate of drug-likeness (QED) is 0.0709. The SMILES string of the molecule is CN1CCN(C(=O)[C@H](CCC=O)NC(=O)c2ccc(-n3ccnn3)cc2)CC1.CN1CCN(C(=O)[C@H](CCCN[C@@H]2C[C@H]2c2ccc(F)cc2)NC(=O)c2ccc(-n3ccnn3)cc2)CC1.N[C@@H]1C[C@H]1c1ccc(F)cc1. The lowest BCUT2D eigenvalue weighted by atomic mass is 10.1. The van der Waals surface area contributed by atoms with Crippen LogP contribution in [0.25, 0.3) is 11.4 Å². The maximum Gasteiger partial charge on any atom is 0.251 e. The first-order valence-corrected chi connectivity index (χ1v) is 26.3. The first-order valence-electron chi connectivity index (χ1n) is 26.3. The van der Waals surface area contributed by atoms with E-state index in [1.807, 2.05) is 43.3 Å². The van der Waals surface area contributed by atoms with Crippen LogP contribution in [-0.2, 0) is 14.4 Å². The van der Waals surface area contributed by atoms with Crippen LogP contribution >= 0.6 is 0 Å². The molecule has 2 aromatic heterocycles. The third-order valence-electron chi connectivity index (χ3n) is 14.3. The summed E-state index contributed by atoms with van der Waals surface area (Å²) in [6.45, 7) is 6.55. The molecule has 5 N–H and O–H groups in total. The van der Waals surface area contributed by atoms with Gasteiger partial charge in [0, 0.05) is 93.8 Å². The molecule has 0 spiro atoms. The van der Waals surface area contributed by atoms with Crippen LogP contribution in [0, 0.1) is 11.6 Å². The van der Waals surface area contributed by atoms with Gasteiger partial charge in [0.1, 0.15) is 30.0 Å². The van der Waals surface area contributed by atoms with Crippen LogP contribution in [0.15, 0.2) is 122 Å². The van der Waals surface area contributed by atoms with Gasteiger partial charge in [0.25, 0.3) is 11.8 Å². The number of aromatic nitrogens is 6. The third kappa shape index (κ3) is 16.0. The van der Waals surface area contributed by atoms with E-state index in [2.05, 4.69) is 46.4 Å². The largest absolute Gasteiger partial charge is 0.340 e. The fourth-order valence-electron chi connectivity index (χ4n) is 9.35. The molecule has 4 aromatic carbocycles. The van der Waals surface area contributed by atoms with E-state index in [4.69, 9.17) is 5.73 Å².